The monoisotopic (exact) mass is 352 g/mol. The largest absolute Gasteiger partial charge is 0.370 e. The normalized spacial score (nSPS) is 15.3. The summed E-state index contributed by atoms with van der Waals surface area (Å²) in [7, 11) is 0. The van der Waals surface area contributed by atoms with Crippen molar-refractivity contribution in [2.45, 2.75) is 57.9 Å². The second-order valence-corrected chi connectivity index (χ2v) is 7.01. The van der Waals surface area contributed by atoms with Gasteiger partial charge in [0.05, 0.1) is 0 Å². The molecular formula is C21H28N4O. The van der Waals surface area contributed by atoms with E-state index in [1.807, 2.05) is 25.1 Å². The molecule has 0 radical (unpaired) electrons. The number of rotatable bonds is 6. The van der Waals surface area contributed by atoms with Gasteiger partial charge in [-0.2, -0.15) is 0 Å². The minimum atomic E-state index is -0.0893. The second-order valence-electron chi connectivity index (χ2n) is 7.01. The highest BCUT2D eigenvalue weighted by Crippen LogP contribution is 2.18. The summed E-state index contributed by atoms with van der Waals surface area (Å²) in [5.41, 5.74) is 1.72. The number of carbonyl (C=O) groups excluding carboxylic acids is 1. The Bertz CT molecular complexity index is 709. The third-order valence-electron chi connectivity index (χ3n) is 4.82. The zero-order chi connectivity index (χ0) is 18.2. The maximum absolute atomic E-state index is 12.6. The van der Waals surface area contributed by atoms with Gasteiger partial charge in [0.2, 0.25) is 0 Å². The maximum Gasteiger partial charge on any atom is 0.270 e. The van der Waals surface area contributed by atoms with Crippen LogP contribution in [0.2, 0.25) is 0 Å². The maximum atomic E-state index is 12.6. The van der Waals surface area contributed by atoms with Crippen molar-refractivity contribution in [3.05, 3.63) is 53.5 Å². The Balaban J connectivity index is 1.58. The lowest BCUT2D eigenvalue weighted by Crippen LogP contribution is -2.35. The Kier molecular flexibility index (Phi) is 6.58. The Hall–Kier alpha value is -2.43. The zero-order valence-electron chi connectivity index (χ0n) is 15.5. The van der Waals surface area contributed by atoms with Crippen LogP contribution in [0, 0.1) is 6.92 Å². The Morgan fingerprint density at radius 1 is 1.08 bits per heavy atom. The number of aryl methyl sites for hydroxylation is 1. The molecule has 0 aliphatic heterocycles. The van der Waals surface area contributed by atoms with Crippen LogP contribution in [0.15, 0.2) is 36.4 Å². The average Bonchev–Trinajstić information content (AvgIpc) is 2.91. The first-order valence-corrected chi connectivity index (χ1v) is 9.65. The summed E-state index contributed by atoms with van der Waals surface area (Å²) < 4.78 is 0. The molecule has 0 bridgehead atoms. The fourth-order valence-electron chi connectivity index (χ4n) is 3.44. The molecule has 0 saturated heterocycles. The third-order valence-corrected chi connectivity index (χ3v) is 4.82. The minimum Gasteiger partial charge on any atom is -0.370 e. The summed E-state index contributed by atoms with van der Waals surface area (Å²) in [5.74, 6) is 1.23. The predicted molar refractivity (Wildman–Crippen MR) is 104 cm³/mol. The second kappa shape index (κ2) is 9.32. The van der Waals surface area contributed by atoms with E-state index in [1.165, 1.54) is 31.2 Å². The van der Waals surface area contributed by atoms with E-state index < -0.39 is 0 Å². The van der Waals surface area contributed by atoms with E-state index >= 15 is 0 Å². The molecule has 5 nitrogen and oxygen atoms in total. The molecular weight excluding hydrogens is 324 g/mol. The molecule has 2 aromatic rings. The van der Waals surface area contributed by atoms with Crippen LogP contribution in [0.3, 0.4) is 0 Å². The van der Waals surface area contributed by atoms with E-state index in [0.717, 1.165) is 25.8 Å². The average molecular weight is 352 g/mol. The molecule has 0 spiro atoms. The van der Waals surface area contributed by atoms with E-state index in [1.54, 1.807) is 6.07 Å². The van der Waals surface area contributed by atoms with Gasteiger partial charge in [0.25, 0.3) is 5.91 Å². The standard InChI is InChI=1S/C21H28N4O/c1-16-23-19(21(26)25-18-11-7-2-3-8-12-18)15-20(24-16)22-14-13-17-9-5-4-6-10-17/h4-6,9-10,15,18H,2-3,7-8,11-14H2,1H3,(H,25,26)(H,22,23,24). The molecule has 1 aromatic carbocycles. The number of nitrogens with one attached hydrogen (secondary N) is 2. The molecule has 1 fully saturated rings. The van der Waals surface area contributed by atoms with Gasteiger partial charge in [0, 0.05) is 18.7 Å². The van der Waals surface area contributed by atoms with Gasteiger partial charge in [-0.15, -0.1) is 0 Å². The van der Waals surface area contributed by atoms with Crippen molar-refractivity contribution in [3.8, 4) is 0 Å². The van der Waals surface area contributed by atoms with Crippen molar-refractivity contribution >= 4 is 11.7 Å². The van der Waals surface area contributed by atoms with Crippen molar-refractivity contribution in [1.82, 2.24) is 15.3 Å². The fourth-order valence-corrected chi connectivity index (χ4v) is 3.44. The molecule has 0 atom stereocenters. The van der Waals surface area contributed by atoms with Crippen LogP contribution in [0.25, 0.3) is 0 Å². The smallest absolute Gasteiger partial charge is 0.270 e. The number of amides is 1. The molecule has 138 valence electrons. The van der Waals surface area contributed by atoms with Crippen LogP contribution in [-0.4, -0.2) is 28.5 Å². The molecule has 1 aliphatic carbocycles. The number of hydrogen-bond acceptors (Lipinski definition) is 4. The molecule has 3 rings (SSSR count). The number of nitrogens with zero attached hydrogens (tertiary/aromatic N) is 2. The van der Waals surface area contributed by atoms with Crippen LogP contribution in [0.4, 0.5) is 5.82 Å². The molecule has 1 aromatic heterocycles. The van der Waals surface area contributed by atoms with Gasteiger partial charge in [0.1, 0.15) is 17.3 Å². The van der Waals surface area contributed by atoms with Gasteiger partial charge in [0.15, 0.2) is 0 Å². The van der Waals surface area contributed by atoms with Crippen LogP contribution in [0.5, 0.6) is 0 Å². The van der Waals surface area contributed by atoms with Gasteiger partial charge in [-0.1, -0.05) is 56.0 Å². The summed E-state index contributed by atoms with van der Waals surface area (Å²) in [6.07, 6.45) is 7.98. The highest BCUT2D eigenvalue weighted by atomic mass is 16.1. The number of aromatic nitrogens is 2. The van der Waals surface area contributed by atoms with Crippen LogP contribution in [-0.2, 0) is 6.42 Å². The molecule has 5 heteroatoms. The zero-order valence-corrected chi connectivity index (χ0v) is 15.5. The van der Waals surface area contributed by atoms with Gasteiger partial charge in [-0.05, 0) is 31.7 Å². The third kappa shape index (κ3) is 5.55. The van der Waals surface area contributed by atoms with Crippen molar-refractivity contribution in [1.29, 1.82) is 0 Å². The lowest BCUT2D eigenvalue weighted by Gasteiger charge is -2.16. The van der Waals surface area contributed by atoms with Gasteiger partial charge in [-0.25, -0.2) is 9.97 Å². The highest BCUT2D eigenvalue weighted by molar-refractivity contribution is 5.93. The Morgan fingerprint density at radius 3 is 2.54 bits per heavy atom. The quantitative estimate of drug-likeness (QED) is 0.774. The van der Waals surface area contributed by atoms with E-state index in [9.17, 15) is 4.79 Å². The van der Waals surface area contributed by atoms with Gasteiger partial charge >= 0.3 is 0 Å². The molecule has 26 heavy (non-hydrogen) atoms. The fraction of sp³-hybridized carbons (Fsp3) is 0.476. The van der Waals surface area contributed by atoms with E-state index in [0.29, 0.717) is 17.3 Å². The molecule has 1 saturated carbocycles. The van der Waals surface area contributed by atoms with Crippen molar-refractivity contribution in [2.75, 3.05) is 11.9 Å². The number of benzene rings is 1. The SMILES string of the molecule is Cc1nc(NCCc2ccccc2)cc(C(=O)NC2CCCCCC2)n1. The summed E-state index contributed by atoms with van der Waals surface area (Å²) in [6, 6.07) is 12.3. The van der Waals surface area contributed by atoms with E-state index in [2.05, 4.69) is 32.7 Å². The van der Waals surface area contributed by atoms with Crippen LogP contribution in [0.1, 0.15) is 60.4 Å². The number of carbonyl (C=O) groups is 1. The first kappa shape index (κ1) is 18.4. The van der Waals surface area contributed by atoms with Crippen molar-refractivity contribution in [3.63, 3.8) is 0 Å². The number of anilines is 1. The number of hydrogen-bond donors (Lipinski definition) is 2. The van der Waals surface area contributed by atoms with Crippen molar-refractivity contribution < 1.29 is 4.79 Å². The van der Waals surface area contributed by atoms with Gasteiger partial charge < -0.3 is 10.6 Å². The molecule has 1 heterocycles. The lowest BCUT2D eigenvalue weighted by atomic mass is 10.1. The molecule has 0 unspecified atom stereocenters. The first-order valence-electron chi connectivity index (χ1n) is 9.65. The summed E-state index contributed by atoms with van der Waals surface area (Å²) >= 11 is 0. The minimum absolute atomic E-state index is 0.0893. The first-order chi connectivity index (χ1) is 12.7. The molecule has 1 aliphatic rings. The van der Waals surface area contributed by atoms with E-state index in [-0.39, 0.29) is 11.9 Å². The van der Waals surface area contributed by atoms with Crippen LogP contribution < -0.4 is 10.6 Å². The molecule has 1 amide bonds. The summed E-state index contributed by atoms with van der Waals surface area (Å²) in [4.78, 5) is 21.3. The Labute approximate surface area is 155 Å². The topological polar surface area (TPSA) is 66.9 Å². The highest BCUT2D eigenvalue weighted by Gasteiger charge is 2.17. The van der Waals surface area contributed by atoms with E-state index in [4.69, 9.17) is 0 Å². The summed E-state index contributed by atoms with van der Waals surface area (Å²) in [5, 5.41) is 6.47. The lowest BCUT2D eigenvalue weighted by molar-refractivity contribution is 0.0928. The summed E-state index contributed by atoms with van der Waals surface area (Å²) in [6.45, 7) is 2.59. The van der Waals surface area contributed by atoms with Crippen molar-refractivity contribution in [2.24, 2.45) is 0 Å². The Morgan fingerprint density at radius 2 is 1.81 bits per heavy atom. The molecule has 2 N–H and O–H groups in total. The van der Waals surface area contributed by atoms with Crippen LogP contribution >= 0.6 is 0 Å². The van der Waals surface area contributed by atoms with Gasteiger partial charge in [-0.3, -0.25) is 4.79 Å². The predicted octanol–water partition coefficient (Wildman–Crippen LogP) is 3.89.